The van der Waals surface area contributed by atoms with Crippen molar-refractivity contribution in [1.82, 2.24) is 5.32 Å². The molecule has 0 saturated heterocycles. The summed E-state index contributed by atoms with van der Waals surface area (Å²) >= 11 is 3.54. The summed E-state index contributed by atoms with van der Waals surface area (Å²) in [4.78, 5) is 11.9. The van der Waals surface area contributed by atoms with Crippen molar-refractivity contribution in [2.45, 2.75) is 40.7 Å². The summed E-state index contributed by atoms with van der Waals surface area (Å²) in [5, 5.41) is 6.17. The summed E-state index contributed by atoms with van der Waals surface area (Å²) in [6.07, 6.45) is 0. The van der Waals surface area contributed by atoms with E-state index in [1.165, 1.54) is 0 Å². The molecule has 0 aliphatic rings. The number of hydrogen-bond donors (Lipinski definition) is 2. The van der Waals surface area contributed by atoms with E-state index in [2.05, 4.69) is 40.4 Å². The van der Waals surface area contributed by atoms with Crippen LogP contribution in [0.4, 0.5) is 5.69 Å². The molecule has 1 amide bonds. The van der Waals surface area contributed by atoms with Gasteiger partial charge < -0.3 is 10.6 Å². The third kappa shape index (κ3) is 4.86. The molecule has 1 atom stereocenters. The lowest BCUT2D eigenvalue weighted by atomic mass is 10.1. The molecule has 3 nitrogen and oxygen atoms in total. The molecule has 0 saturated carbocycles. The van der Waals surface area contributed by atoms with Crippen LogP contribution in [-0.4, -0.2) is 18.5 Å². The van der Waals surface area contributed by atoms with Crippen molar-refractivity contribution in [2.24, 2.45) is 5.92 Å². The van der Waals surface area contributed by atoms with E-state index >= 15 is 0 Å². The average Bonchev–Trinajstić information content (AvgIpc) is 2.32. The maximum atomic E-state index is 11.9. The van der Waals surface area contributed by atoms with Crippen molar-refractivity contribution >= 4 is 27.5 Å². The van der Waals surface area contributed by atoms with E-state index in [1.54, 1.807) is 0 Å². The van der Waals surface area contributed by atoms with E-state index in [0.29, 0.717) is 12.5 Å². The highest BCUT2D eigenvalue weighted by Crippen LogP contribution is 2.25. The smallest absolute Gasteiger partial charge is 0.242 e. The molecule has 2 N–H and O–H groups in total. The van der Waals surface area contributed by atoms with Crippen molar-refractivity contribution < 1.29 is 4.79 Å². The van der Waals surface area contributed by atoms with Crippen LogP contribution in [0.1, 0.15) is 31.9 Å². The van der Waals surface area contributed by atoms with Crippen LogP contribution in [0.5, 0.6) is 0 Å². The maximum absolute atomic E-state index is 11.9. The average molecular weight is 327 g/mol. The summed E-state index contributed by atoms with van der Waals surface area (Å²) in [6.45, 7) is 10.8. The molecule has 0 radical (unpaired) electrons. The van der Waals surface area contributed by atoms with E-state index in [4.69, 9.17) is 0 Å². The van der Waals surface area contributed by atoms with Gasteiger partial charge in [0.25, 0.3) is 0 Å². The van der Waals surface area contributed by atoms with Gasteiger partial charge in [-0.3, -0.25) is 4.79 Å². The largest absolute Gasteiger partial charge is 0.374 e. The second-order valence-corrected chi connectivity index (χ2v) is 6.22. The zero-order valence-electron chi connectivity index (χ0n) is 12.3. The zero-order chi connectivity index (χ0) is 14.6. The Balaban J connectivity index is 2.66. The monoisotopic (exact) mass is 326 g/mol. The van der Waals surface area contributed by atoms with Crippen LogP contribution in [0.3, 0.4) is 0 Å². The Morgan fingerprint density at radius 1 is 1.21 bits per heavy atom. The first-order chi connectivity index (χ1) is 8.81. The van der Waals surface area contributed by atoms with Gasteiger partial charge in [-0.05, 0) is 49.9 Å². The van der Waals surface area contributed by atoms with Crippen molar-refractivity contribution in [3.8, 4) is 0 Å². The quantitative estimate of drug-likeness (QED) is 0.867. The maximum Gasteiger partial charge on any atom is 0.242 e. The summed E-state index contributed by atoms with van der Waals surface area (Å²) < 4.78 is 1.12. The van der Waals surface area contributed by atoms with Crippen LogP contribution < -0.4 is 10.6 Å². The van der Waals surface area contributed by atoms with Crippen molar-refractivity contribution in [2.75, 3.05) is 11.9 Å². The minimum Gasteiger partial charge on any atom is -0.374 e. The van der Waals surface area contributed by atoms with Crippen molar-refractivity contribution in [1.29, 1.82) is 0 Å². The molecule has 0 aliphatic heterocycles. The van der Waals surface area contributed by atoms with Crippen LogP contribution in [0, 0.1) is 19.8 Å². The minimum absolute atomic E-state index is 0.0342. The molecule has 0 fully saturated rings. The number of anilines is 1. The molecule has 1 aromatic carbocycles. The third-order valence-corrected chi connectivity index (χ3v) is 4.15. The number of aryl methyl sites for hydroxylation is 2. The lowest BCUT2D eigenvalue weighted by Crippen LogP contribution is -2.39. The number of hydrogen-bond acceptors (Lipinski definition) is 2. The molecule has 19 heavy (non-hydrogen) atoms. The van der Waals surface area contributed by atoms with Gasteiger partial charge in [0.05, 0.1) is 0 Å². The normalized spacial score (nSPS) is 12.4. The van der Waals surface area contributed by atoms with Gasteiger partial charge in [0.2, 0.25) is 5.91 Å². The molecule has 0 aromatic heterocycles. The highest BCUT2D eigenvalue weighted by atomic mass is 79.9. The van der Waals surface area contributed by atoms with E-state index < -0.39 is 0 Å². The second kappa shape index (κ2) is 6.94. The molecule has 4 heteroatoms. The fraction of sp³-hybridized carbons (Fsp3) is 0.533. The molecule has 0 aliphatic carbocycles. The fourth-order valence-electron chi connectivity index (χ4n) is 1.80. The summed E-state index contributed by atoms with van der Waals surface area (Å²) in [5.74, 6) is 0.500. The topological polar surface area (TPSA) is 41.1 Å². The van der Waals surface area contributed by atoms with E-state index in [-0.39, 0.29) is 11.9 Å². The van der Waals surface area contributed by atoms with Gasteiger partial charge >= 0.3 is 0 Å². The van der Waals surface area contributed by atoms with E-state index in [1.807, 2.05) is 32.9 Å². The first-order valence-electron chi connectivity index (χ1n) is 6.62. The predicted molar refractivity (Wildman–Crippen MR) is 84.5 cm³/mol. The number of benzene rings is 1. The molecular formula is C15H23BrN2O. The third-order valence-electron chi connectivity index (χ3n) is 2.90. The number of carbonyl (C=O) groups is 1. The summed E-state index contributed by atoms with van der Waals surface area (Å²) in [5.41, 5.74) is 3.31. The van der Waals surface area contributed by atoms with Gasteiger partial charge in [0.15, 0.2) is 0 Å². The van der Waals surface area contributed by atoms with Crippen LogP contribution in [-0.2, 0) is 4.79 Å². The molecule has 1 unspecified atom stereocenters. The second-order valence-electron chi connectivity index (χ2n) is 5.43. The van der Waals surface area contributed by atoms with E-state index in [9.17, 15) is 4.79 Å². The highest BCUT2D eigenvalue weighted by Gasteiger charge is 2.13. The van der Waals surface area contributed by atoms with Gasteiger partial charge in [-0.1, -0.05) is 29.8 Å². The van der Waals surface area contributed by atoms with E-state index in [0.717, 1.165) is 21.3 Å². The number of rotatable bonds is 5. The molecule has 0 heterocycles. The number of nitrogens with one attached hydrogen (secondary N) is 2. The SMILES string of the molecule is Cc1cc(NC(C)C(=O)NCC(C)C)cc(C)c1Br. The number of carbonyl (C=O) groups excluding carboxylic acids is 1. The molecule has 1 rings (SSSR count). The first-order valence-corrected chi connectivity index (χ1v) is 7.41. The Bertz CT molecular complexity index is 434. The molecular weight excluding hydrogens is 304 g/mol. The first kappa shape index (κ1) is 16.0. The predicted octanol–water partition coefficient (Wildman–Crippen LogP) is 3.64. The van der Waals surface area contributed by atoms with Gasteiger partial charge in [-0.2, -0.15) is 0 Å². The standard InChI is InChI=1S/C15H23BrN2O/c1-9(2)8-17-15(19)12(5)18-13-6-10(3)14(16)11(4)7-13/h6-7,9,12,18H,8H2,1-5H3,(H,17,19). The molecule has 0 spiro atoms. The van der Waals surface area contributed by atoms with Crippen molar-refractivity contribution in [3.63, 3.8) is 0 Å². The van der Waals surface area contributed by atoms with Crippen molar-refractivity contribution in [3.05, 3.63) is 27.7 Å². The highest BCUT2D eigenvalue weighted by molar-refractivity contribution is 9.10. The molecule has 1 aromatic rings. The Labute approximate surface area is 124 Å². The molecule has 0 bridgehead atoms. The van der Waals surface area contributed by atoms with Crippen LogP contribution in [0.15, 0.2) is 16.6 Å². The lowest BCUT2D eigenvalue weighted by Gasteiger charge is -2.17. The Morgan fingerprint density at radius 3 is 2.21 bits per heavy atom. The summed E-state index contributed by atoms with van der Waals surface area (Å²) in [7, 11) is 0. The Hall–Kier alpha value is -1.03. The lowest BCUT2D eigenvalue weighted by molar-refractivity contribution is -0.121. The summed E-state index contributed by atoms with van der Waals surface area (Å²) in [6, 6.07) is 3.85. The number of halogens is 1. The van der Waals surface area contributed by atoms with Crippen LogP contribution in [0.2, 0.25) is 0 Å². The fourth-order valence-corrected chi connectivity index (χ4v) is 2.03. The zero-order valence-corrected chi connectivity index (χ0v) is 13.9. The number of amides is 1. The minimum atomic E-state index is -0.237. The van der Waals surface area contributed by atoms with Gasteiger partial charge in [-0.25, -0.2) is 0 Å². The van der Waals surface area contributed by atoms with Gasteiger partial charge in [-0.15, -0.1) is 0 Å². The Kier molecular flexibility index (Phi) is 5.85. The molecule has 106 valence electrons. The van der Waals surface area contributed by atoms with Crippen LogP contribution >= 0.6 is 15.9 Å². The van der Waals surface area contributed by atoms with Crippen LogP contribution in [0.25, 0.3) is 0 Å². The van der Waals surface area contributed by atoms with Gasteiger partial charge in [0.1, 0.15) is 6.04 Å². The van der Waals surface area contributed by atoms with Gasteiger partial charge in [0, 0.05) is 16.7 Å². The Morgan fingerprint density at radius 2 is 1.74 bits per heavy atom.